The minimum Gasteiger partial charge on any atom is -0.477 e. The highest BCUT2D eigenvalue weighted by Crippen LogP contribution is 2.36. The second-order valence-corrected chi connectivity index (χ2v) is 5.95. The van der Waals surface area contributed by atoms with Gasteiger partial charge in [0.15, 0.2) is 5.76 Å². The lowest BCUT2D eigenvalue weighted by Crippen LogP contribution is -2.12. The van der Waals surface area contributed by atoms with Crippen LogP contribution in [0.1, 0.15) is 20.2 Å². The molecule has 0 aliphatic heterocycles. The van der Waals surface area contributed by atoms with E-state index in [1.807, 2.05) is 0 Å². The third-order valence-corrected chi connectivity index (χ3v) is 4.43. The number of rotatable bonds is 5. The Labute approximate surface area is 144 Å². The first-order valence-corrected chi connectivity index (χ1v) is 7.74. The summed E-state index contributed by atoms with van der Waals surface area (Å²) in [5.41, 5.74) is 0.476. The largest absolute Gasteiger partial charge is 0.477 e. The highest BCUT2D eigenvalue weighted by atomic mass is 32.1. The van der Waals surface area contributed by atoms with Crippen LogP contribution in [0.2, 0.25) is 0 Å². The Balaban J connectivity index is 1.97. The fraction of sp³-hybridized carbons (Fsp3) is 0. The van der Waals surface area contributed by atoms with Crippen LogP contribution in [0.4, 0.5) is 11.4 Å². The molecule has 0 fully saturated rings. The molecule has 0 saturated carbocycles. The summed E-state index contributed by atoms with van der Waals surface area (Å²) in [5.74, 6) is -1.76. The maximum Gasteiger partial charge on any atom is 0.348 e. The van der Waals surface area contributed by atoms with Gasteiger partial charge in [-0.15, -0.1) is 11.3 Å². The molecule has 0 atom stereocenters. The van der Waals surface area contributed by atoms with Gasteiger partial charge in [0.1, 0.15) is 4.88 Å². The number of nitrogens with one attached hydrogen (secondary N) is 1. The van der Waals surface area contributed by atoms with Crippen LogP contribution in [0, 0.1) is 10.1 Å². The van der Waals surface area contributed by atoms with E-state index in [1.165, 1.54) is 42.7 Å². The van der Waals surface area contributed by atoms with Gasteiger partial charge < -0.3 is 14.8 Å². The van der Waals surface area contributed by atoms with Gasteiger partial charge >= 0.3 is 5.97 Å². The third-order valence-electron chi connectivity index (χ3n) is 3.26. The van der Waals surface area contributed by atoms with E-state index in [-0.39, 0.29) is 22.0 Å². The average molecular weight is 358 g/mol. The quantitative estimate of drug-likeness (QED) is 0.527. The number of furan rings is 1. The molecule has 2 N–H and O–H groups in total. The van der Waals surface area contributed by atoms with Crippen LogP contribution in [-0.4, -0.2) is 21.9 Å². The zero-order valence-corrected chi connectivity index (χ0v) is 13.3. The van der Waals surface area contributed by atoms with Gasteiger partial charge in [0, 0.05) is 17.0 Å². The zero-order valence-electron chi connectivity index (χ0n) is 12.5. The van der Waals surface area contributed by atoms with Gasteiger partial charge in [-0.3, -0.25) is 14.9 Å². The molecule has 126 valence electrons. The first-order chi connectivity index (χ1) is 12.0. The minimum absolute atomic E-state index is 0.0411. The number of carboxylic acids is 1. The maximum atomic E-state index is 12.1. The average Bonchev–Trinajstić information content (AvgIpc) is 3.24. The summed E-state index contributed by atoms with van der Waals surface area (Å²) in [5, 5.41) is 22.7. The van der Waals surface area contributed by atoms with E-state index in [9.17, 15) is 24.8 Å². The van der Waals surface area contributed by atoms with Crippen LogP contribution in [0.3, 0.4) is 0 Å². The van der Waals surface area contributed by atoms with Crippen LogP contribution in [0.15, 0.2) is 53.1 Å². The van der Waals surface area contributed by atoms with Crippen molar-refractivity contribution in [2.75, 3.05) is 5.32 Å². The summed E-state index contributed by atoms with van der Waals surface area (Å²) in [6.45, 7) is 0. The van der Waals surface area contributed by atoms with Crippen molar-refractivity contribution in [1.82, 2.24) is 0 Å². The molecule has 1 amide bonds. The second-order valence-electron chi connectivity index (χ2n) is 4.90. The number of hydrogen-bond acceptors (Lipinski definition) is 6. The highest BCUT2D eigenvalue weighted by molar-refractivity contribution is 7.18. The standard InChI is InChI=1S/C16H10N2O6S/c19-15(12-5-2-6-24-12)17-11-8-13(25-14(11)16(20)21)9-3-1-4-10(7-9)18(22)23/h1-8H,(H,17,19)(H,20,21). The number of carbonyl (C=O) groups is 2. The van der Waals surface area contributed by atoms with Crippen molar-refractivity contribution in [2.24, 2.45) is 0 Å². The Morgan fingerprint density at radius 2 is 2.00 bits per heavy atom. The molecule has 9 heteroatoms. The monoisotopic (exact) mass is 358 g/mol. The number of nitrogens with zero attached hydrogens (tertiary/aromatic N) is 1. The van der Waals surface area contributed by atoms with Crippen molar-refractivity contribution in [3.63, 3.8) is 0 Å². The lowest BCUT2D eigenvalue weighted by atomic mass is 10.1. The third kappa shape index (κ3) is 3.40. The SMILES string of the molecule is O=C(Nc1cc(-c2cccc([N+](=O)[O-])c2)sc1C(=O)O)c1ccco1. The molecule has 3 rings (SSSR count). The number of anilines is 1. The molecule has 0 bridgehead atoms. The molecule has 0 radical (unpaired) electrons. The van der Waals surface area contributed by atoms with Crippen LogP contribution in [-0.2, 0) is 0 Å². The molecule has 0 aliphatic rings. The van der Waals surface area contributed by atoms with E-state index in [0.717, 1.165) is 11.3 Å². The second kappa shape index (κ2) is 6.57. The van der Waals surface area contributed by atoms with E-state index in [0.29, 0.717) is 10.4 Å². The summed E-state index contributed by atoms with van der Waals surface area (Å²) in [7, 11) is 0. The Morgan fingerprint density at radius 3 is 2.64 bits per heavy atom. The topological polar surface area (TPSA) is 123 Å². The summed E-state index contributed by atoms with van der Waals surface area (Å²) in [6, 6.07) is 10.3. The van der Waals surface area contributed by atoms with Gasteiger partial charge in [0.25, 0.3) is 11.6 Å². The molecule has 0 unspecified atom stereocenters. The number of amides is 1. The van der Waals surface area contributed by atoms with Crippen molar-refractivity contribution in [2.45, 2.75) is 0 Å². The lowest BCUT2D eigenvalue weighted by Gasteiger charge is -2.01. The first-order valence-electron chi connectivity index (χ1n) is 6.92. The van der Waals surface area contributed by atoms with E-state index in [4.69, 9.17) is 4.42 Å². The number of nitro benzene ring substituents is 1. The van der Waals surface area contributed by atoms with E-state index < -0.39 is 16.8 Å². The lowest BCUT2D eigenvalue weighted by molar-refractivity contribution is -0.384. The number of hydrogen-bond donors (Lipinski definition) is 2. The van der Waals surface area contributed by atoms with Gasteiger partial charge in [-0.25, -0.2) is 4.79 Å². The van der Waals surface area contributed by atoms with Crippen molar-refractivity contribution < 1.29 is 24.0 Å². The smallest absolute Gasteiger partial charge is 0.348 e. The molecule has 0 aliphatic carbocycles. The summed E-state index contributed by atoms with van der Waals surface area (Å²) in [4.78, 5) is 34.3. The van der Waals surface area contributed by atoms with Crippen LogP contribution < -0.4 is 5.32 Å². The number of benzene rings is 1. The van der Waals surface area contributed by atoms with Gasteiger partial charge in [0.2, 0.25) is 0 Å². The molecule has 1 aromatic carbocycles. The predicted molar refractivity (Wildman–Crippen MR) is 90.0 cm³/mol. The van der Waals surface area contributed by atoms with E-state index in [2.05, 4.69) is 5.32 Å². The molecular formula is C16H10N2O6S. The Morgan fingerprint density at radius 1 is 1.20 bits per heavy atom. The highest BCUT2D eigenvalue weighted by Gasteiger charge is 2.20. The Kier molecular flexibility index (Phi) is 4.31. The van der Waals surface area contributed by atoms with Gasteiger partial charge in [-0.1, -0.05) is 12.1 Å². The number of carbonyl (C=O) groups excluding carboxylic acids is 1. The fourth-order valence-corrected chi connectivity index (χ4v) is 3.10. The molecule has 2 heterocycles. The number of carboxylic acid groups (broad SMARTS) is 1. The van der Waals surface area contributed by atoms with Crippen LogP contribution in [0.5, 0.6) is 0 Å². The fourth-order valence-electron chi connectivity index (χ4n) is 2.15. The molecule has 0 spiro atoms. The molecule has 25 heavy (non-hydrogen) atoms. The van der Waals surface area contributed by atoms with Crippen LogP contribution in [0.25, 0.3) is 10.4 Å². The van der Waals surface area contributed by atoms with E-state index >= 15 is 0 Å². The number of aromatic carboxylic acids is 1. The number of non-ortho nitro benzene ring substituents is 1. The van der Waals surface area contributed by atoms with Gasteiger partial charge in [-0.2, -0.15) is 0 Å². The molecule has 3 aromatic rings. The van der Waals surface area contributed by atoms with Gasteiger partial charge in [-0.05, 0) is 23.8 Å². The van der Waals surface area contributed by atoms with Crippen molar-refractivity contribution in [3.8, 4) is 10.4 Å². The Bertz CT molecular complexity index is 961. The molecular weight excluding hydrogens is 348 g/mol. The predicted octanol–water partition coefficient (Wildman–Crippen LogP) is 3.87. The van der Waals surface area contributed by atoms with Crippen molar-refractivity contribution in [1.29, 1.82) is 0 Å². The normalized spacial score (nSPS) is 10.4. The molecule has 0 saturated heterocycles. The summed E-state index contributed by atoms with van der Waals surface area (Å²) in [6.07, 6.45) is 1.33. The van der Waals surface area contributed by atoms with E-state index in [1.54, 1.807) is 6.07 Å². The maximum absolute atomic E-state index is 12.1. The number of nitro groups is 1. The van der Waals surface area contributed by atoms with Gasteiger partial charge in [0.05, 0.1) is 16.9 Å². The van der Waals surface area contributed by atoms with Crippen molar-refractivity contribution in [3.05, 3.63) is 69.5 Å². The first kappa shape index (κ1) is 16.4. The van der Waals surface area contributed by atoms with Crippen LogP contribution >= 0.6 is 11.3 Å². The molecule has 8 nitrogen and oxygen atoms in total. The molecule has 2 aromatic heterocycles. The minimum atomic E-state index is -1.21. The van der Waals surface area contributed by atoms with Crippen molar-refractivity contribution >= 4 is 34.6 Å². The number of thiophene rings is 1. The zero-order chi connectivity index (χ0) is 18.0. The summed E-state index contributed by atoms with van der Waals surface area (Å²) >= 11 is 0.913. The summed E-state index contributed by atoms with van der Waals surface area (Å²) < 4.78 is 4.97. The Hall–Kier alpha value is -3.46.